The van der Waals surface area contributed by atoms with Gasteiger partial charge in [-0.2, -0.15) is 5.10 Å². The first-order chi connectivity index (χ1) is 14.3. The second-order valence-corrected chi connectivity index (χ2v) is 9.13. The third-order valence-electron chi connectivity index (χ3n) is 5.78. The van der Waals surface area contributed by atoms with Crippen LogP contribution in [-0.2, 0) is 17.3 Å². The van der Waals surface area contributed by atoms with Crippen molar-refractivity contribution >= 4 is 11.7 Å². The fourth-order valence-corrected chi connectivity index (χ4v) is 4.14. The molecule has 1 fully saturated rings. The van der Waals surface area contributed by atoms with Gasteiger partial charge in [-0.3, -0.25) is 9.69 Å². The van der Waals surface area contributed by atoms with Gasteiger partial charge in [0.1, 0.15) is 5.82 Å². The van der Waals surface area contributed by atoms with Gasteiger partial charge in [0.25, 0.3) is 0 Å². The van der Waals surface area contributed by atoms with Gasteiger partial charge in [-0.15, -0.1) is 0 Å². The molecule has 0 radical (unpaired) electrons. The lowest BCUT2D eigenvalue weighted by molar-refractivity contribution is -0.117. The third-order valence-corrected chi connectivity index (χ3v) is 5.78. The summed E-state index contributed by atoms with van der Waals surface area (Å²) in [6.07, 6.45) is 4.26. The SMILES string of the molecule is Cn1cccc1C1CCCN1CC(=O)Nc1cc(C(C)(C)C)nn1-c1ccccc1. The number of nitrogens with one attached hydrogen (secondary N) is 1. The predicted molar refractivity (Wildman–Crippen MR) is 120 cm³/mol. The normalized spacial score (nSPS) is 17.4. The zero-order valence-corrected chi connectivity index (χ0v) is 18.3. The number of hydrogen-bond acceptors (Lipinski definition) is 3. The van der Waals surface area contributed by atoms with Crippen molar-refractivity contribution in [3.05, 3.63) is 66.1 Å². The van der Waals surface area contributed by atoms with E-state index in [4.69, 9.17) is 5.10 Å². The number of nitrogens with zero attached hydrogens (tertiary/aromatic N) is 4. The molecule has 1 saturated heterocycles. The number of rotatable bonds is 5. The molecule has 1 N–H and O–H groups in total. The Morgan fingerprint density at radius 2 is 1.93 bits per heavy atom. The maximum atomic E-state index is 13.0. The summed E-state index contributed by atoms with van der Waals surface area (Å²) in [5.74, 6) is 0.708. The molecule has 0 bridgehead atoms. The minimum absolute atomic E-state index is 0.00588. The molecule has 0 spiro atoms. The molecule has 30 heavy (non-hydrogen) atoms. The first-order valence-corrected chi connectivity index (χ1v) is 10.6. The average Bonchev–Trinajstić information content (AvgIpc) is 3.42. The van der Waals surface area contributed by atoms with E-state index in [1.165, 1.54) is 5.69 Å². The molecule has 6 heteroatoms. The van der Waals surface area contributed by atoms with Crippen LogP contribution in [0.25, 0.3) is 5.69 Å². The smallest absolute Gasteiger partial charge is 0.239 e. The largest absolute Gasteiger partial charge is 0.353 e. The zero-order chi connectivity index (χ0) is 21.3. The Kier molecular flexibility index (Phi) is 5.52. The maximum Gasteiger partial charge on any atom is 0.239 e. The molecule has 4 rings (SSSR count). The predicted octanol–water partition coefficient (Wildman–Crippen LogP) is 4.28. The van der Waals surface area contributed by atoms with E-state index in [1.807, 2.05) is 41.1 Å². The van der Waals surface area contributed by atoms with Gasteiger partial charge < -0.3 is 9.88 Å². The van der Waals surface area contributed by atoms with Crippen LogP contribution in [0.3, 0.4) is 0 Å². The van der Waals surface area contributed by atoms with Crippen molar-refractivity contribution in [2.24, 2.45) is 7.05 Å². The quantitative estimate of drug-likeness (QED) is 0.689. The van der Waals surface area contributed by atoms with Crippen molar-refractivity contribution in [1.82, 2.24) is 19.2 Å². The van der Waals surface area contributed by atoms with Crippen molar-refractivity contribution in [1.29, 1.82) is 0 Å². The van der Waals surface area contributed by atoms with E-state index in [0.29, 0.717) is 18.4 Å². The minimum atomic E-state index is -0.105. The Labute approximate surface area is 178 Å². The molecule has 6 nitrogen and oxygen atoms in total. The average molecular weight is 406 g/mol. The number of likely N-dealkylation sites (tertiary alicyclic amines) is 1. The standard InChI is InChI=1S/C24H31N5O/c1-24(2,3)21-16-22(29(26-21)18-10-6-5-7-11-18)25-23(30)17-28-15-9-13-20(28)19-12-8-14-27(19)4/h5-8,10-12,14,16,20H,9,13,15,17H2,1-4H3,(H,25,30). The molecule has 158 valence electrons. The van der Waals surface area contributed by atoms with E-state index in [-0.39, 0.29) is 11.3 Å². The summed E-state index contributed by atoms with van der Waals surface area (Å²) in [4.78, 5) is 15.3. The minimum Gasteiger partial charge on any atom is -0.353 e. The van der Waals surface area contributed by atoms with Gasteiger partial charge in [-0.05, 0) is 43.7 Å². The fraction of sp³-hybridized carbons (Fsp3) is 0.417. The fourth-order valence-electron chi connectivity index (χ4n) is 4.14. The Bertz CT molecular complexity index is 1010. The van der Waals surface area contributed by atoms with Crippen LogP contribution in [-0.4, -0.2) is 38.2 Å². The lowest BCUT2D eigenvalue weighted by Gasteiger charge is -2.24. The topological polar surface area (TPSA) is 55.1 Å². The second-order valence-electron chi connectivity index (χ2n) is 9.13. The van der Waals surface area contributed by atoms with Crippen LogP contribution in [0.4, 0.5) is 5.82 Å². The molecule has 1 aliphatic heterocycles. The summed E-state index contributed by atoms with van der Waals surface area (Å²) in [7, 11) is 2.07. The third kappa shape index (κ3) is 4.19. The Morgan fingerprint density at radius 3 is 2.60 bits per heavy atom. The number of benzene rings is 1. The number of hydrogen-bond donors (Lipinski definition) is 1. The first-order valence-electron chi connectivity index (χ1n) is 10.6. The van der Waals surface area contributed by atoms with Crippen molar-refractivity contribution in [3.63, 3.8) is 0 Å². The highest BCUT2D eigenvalue weighted by Crippen LogP contribution is 2.32. The van der Waals surface area contributed by atoms with Gasteiger partial charge in [0.15, 0.2) is 0 Å². The van der Waals surface area contributed by atoms with E-state index in [0.717, 1.165) is 30.8 Å². The van der Waals surface area contributed by atoms with E-state index < -0.39 is 0 Å². The number of carbonyl (C=O) groups is 1. The maximum absolute atomic E-state index is 13.0. The molecule has 0 aliphatic carbocycles. The number of carbonyl (C=O) groups excluding carboxylic acids is 1. The molecule has 1 amide bonds. The molecule has 2 aromatic heterocycles. The summed E-state index contributed by atoms with van der Waals surface area (Å²) in [6.45, 7) is 7.70. The van der Waals surface area contributed by atoms with E-state index >= 15 is 0 Å². The summed E-state index contributed by atoms with van der Waals surface area (Å²) < 4.78 is 3.98. The molecule has 0 saturated carbocycles. The molecular weight excluding hydrogens is 374 g/mol. The highest BCUT2D eigenvalue weighted by molar-refractivity contribution is 5.91. The van der Waals surface area contributed by atoms with Gasteiger partial charge in [0, 0.05) is 30.4 Å². The van der Waals surface area contributed by atoms with Gasteiger partial charge in [0.2, 0.25) is 5.91 Å². The highest BCUT2D eigenvalue weighted by Gasteiger charge is 2.29. The molecule has 1 atom stereocenters. The van der Waals surface area contributed by atoms with E-state index in [1.54, 1.807) is 0 Å². The molecule has 1 aliphatic rings. The van der Waals surface area contributed by atoms with Gasteiger partial charge in [-0.25, -0.2) is 4.68 Å². The second kappa shape index (κ2) is 8.11. The van der Waals surface area contributed by atoms with E-state index in [2.05, 4.69) is 60.9 Å². The summed E-state index contributed by atoms with van der Waals surface area (Å²) in [5, 5.41) is 7.91. The van der Waals surface area contributed by atoms with Crippen LogP contribution in [0.2, 0.25) is 0 Å². The molecule has 1 aromatic carbocycles. The number of amides is 1. The summed E-state index contributed by atoms with van der Waals surface area (Å²) in [5.41, 5.74) is 3.05. The highest BCUT2D eigenvalue weighted by atomic mass is 16.2. The molecule has 3 aromatic rings. The molecular formula is C24H31N5O. The first kappa shape index (κ1) is 20.4. The monoisotopic (exact) mass is 405 g/mol. The van der Waals surface area contributed by atoms with Crippen LogP contribution >= 0.6 is 0 Å². The Morgan fingerprint density at radius 1 is 1.17 bits per heavy atom. The molecule has 3 heterocycles. The number of anilines is 1. The van der Waals surface area contributed by atoms with Crippen LogP contribution < -0.4 is 5.32 Å². The van der Waals surface area contributed by atoms with Crippen LogP contribution in [0.1, 0.15) is 51.0 Å². The Hall–Kier alpha value is -2.86. The number of aromatic nitrogens is 3. The molecule has 1 unspecified atom stereocenters. The number of aryl methyl sites for hydroxylation is 1. The van der Waals surface area contributed by atoms with Gasteiger partial charge in [-0.1, -0.05) is 39.0 Å². The van der Waals surface area contributed by atoms with E-state index in [9.17, 15) is 4.79 Å². The van der Waals surface area contributed by atoms with Crippen molar-refractivity contribution in [2.75, 3.05) is 18.4 Å². The zero-order valence-electron chi connectivity index (χ0n) is 18.3. The van der Waals surface area contributed by atoms with Crippen molar-refractivity contribution in [3.8, 4) is 5.69 Å². The lowest BCUT2D eigenvalue weighted by Crippen LogP contribution is -2.33. The van der Waals surface area contributed by atoms with Gasteiger partial charge in [0.05, 0.1) is 24.0 Å². The lowest BCUT2D eigenvalue weighted by atomic mass is 9.92. The van der Waals surface area contributed by atoms with Crippen LogP contribution in [0.5, 0.6) is 0 Å². The number of para-hydroxylation sites is 1. The van der Waals surface area contributed by atoms with Crippen LogP contribution in [0, 0.1) is 0 Å². The van der Waals surface area contributed by atoms with Crippen molar-refractivity contribution < 1.29 is 4.79 Å². The summed E-state index contributed by atoms with van der Waals surface area (Å²) in [6, 6.07) is 16.4. The van der Waals surface area contributed by atoms with Crippen molar-refractivity contribution in [2.45, 2.75) is 45.1 Å². The van der Waals surface area contributed by atoms with Gasteiger partial charge >= 0.3 is 0 Å². The Balaban J connectivity index is 1.54. The van der Waals surface area contributed by atoms with Crippen LogP contribution in [0.15, 0.2) is 54.7 Å². The summed E-state index contributed by atoms with van der Waals surface area (Å²) >= 11 is 0.